The van der Waals surface area contributed by atoms with Crippen LogP contribution < -0.4 is 15.4 Å². The van der Waals surface area contributed by atoms with E-state index in [9.17, 15) is 18.0 Å². The zero-order valence-electron chi connectivity index (χ0n) is 18.4. The molecule has 0 spiro atoms. The fourth-order valence-electron chi connectivity index (χ4n) is 2.98. The van der Waals surface area contributed by atoms with Gasteiger partial charge < -0.3 is 10.6 Å². The third-order valence-corrected chi connectivity index (χ3v) is 6.70. The second-order valence-corrected chi connectivity index (χ2v) is 9.73. The fraction of sp³-hybridized carbons (Fsp3) is 0.167. The number of aryl methyl sites for hydroxylation is 3. The summed E-state index contributed by atoms with van der Waals surface area (Å²) >= 11 is 6.09. The van der Waals surface area contributed by atoms with Gasteiger partial charge in [-0.1, -0.05) is 23.7 Å². The smallest absolute Gasteiger partial charge is 0.261 e. The number of anilines is 2. The number of rotatable bonds is 7. The third-order valence-electron chi connectivity index (χ3n) is 4.99. The van der Waals surface area contributed by atoms with Crippen LogP contribution in [-0.2, 0) is 14.8 Å². The first-order chi connectivity index (χ1) is 15.5. The number of hydrogen-bond acceptors (Lipinski definition) is 4. The van der Waals surface area contributed by atoms with E-state index in [2.05, 4.69) is 15.4 Å². The Labute approximate surface area is 198 Å². The molecule has 3 N–H and O–H groups in total. The molecule has 0 aliphatic rings. The predicted octanol–water partition coefficient (Wildman–Crippen LogP) is 4.43. The van der Waals surface area contributed by atoms with Gasteiger partial charge in [-0.05, 0) is 86.0 Å². The molecular formula is C24H24ClN3O4S. The van der Waals surface area contributed by atoms with Crippen LogP contribution in [0.3, 0.4) is 0 Å². The Morgan fingerprint density at radius 1 is 0.879 bits per heavy atom. The van der Waals surface area contributed by atoms with E-state index in [-0.39, 0.29) is 17.0 Å². The van der Waals surface area contributed by atoms with Crippen LogP contribution in [0, 0.1) is 20.8 Å². The SMILES string of the molecule is Cc1ccc(NC(=O)CNC(=O)c2ccc(S(=O)(=O)Nc3ccc(C)c(C)c3)cc2)c(Cl)c1. The van der Waals surface area contributed by atoms with Gasteiger partial charge >= 0.3 is 0 Å². The summed E-state index contributed by atoms with van der Waals surface area (Å²) in [6.45, 7) is 5.46. The van der Waals surface area contributed by atoms with Crippen LogP contribution in [0.5, 0.6) is 0 Å². The van der Waals surface area contributed by atoms with Crippen LogP contribution in [0.25, 0.3) is 0 Å². The van der Waals surface area contributed by atoms with E-state index in [0.29, 0.717) is 16.4 Å². The van der Waals surface area contributed by atoms with Gasteiger partial charge in [0.15, 0.2) is 0 Å². The summed E-state index contributed by atoms with van der Waals surface area (Å²) in [6.07, 6.45) is 0. The molecule has 0 aliphatic carbocycles. The molecule has 172 valence electrons. The summed E-state index contributed by atoms with van der Waals surface area (Å²) in [5.74, 6) is -0.947. The zero-order valence-corrected chi connectivity index (χ0v) is 20.0. The van der Waals surface area contributed by atoms with Crippen molar-refractivity contribution in [2.75, 3.05) is 16.6 Å². The van der Waals surface area contributed by atoms with E-state index in [4.69, 9.17) is 11.6 Å². The second kappa shape index (κ2) is 10.1. The molecule has 0 radical (unpaired) electrons. The third kappa shape index (κ3) is 6.34. The minimum absolute atomic E-state index is 0.0176. The van der Waals surface area contributed by atoms with Gasteiger partial charge in [-0.2, -0.15) is 0 Å². The maximum atomic E-state index is 12.6. The van der Waals surface area contributed by atoms with Crippen LogP contribution in [0.15, 0.2) is 65.6 Å². The van der Waals surface area contributed by atoms with Crippen molar-refractivity contribution in [2.45, 2.75) is 25.7 Å². The highest BCUT2D eigenvalue weighted by molar-refractivity contribution is 7.92. The molecule has 0 atom stereocenters. The minimum Gasteiger partial charge on any atom is -0.343 e. The lowest BCUT2D eigenvalue weighted by molar-refractivity contribution is -0.115. The van der Waals surface area contributed by atoms with Gasteiger partial charge in [0.2, 0.25) is 5.91 Å². The first-order valence-electron chi connectivity index (χ1n) is 10.1. The van der Waals surface area contributed by atoms with E-state index in [1.807, 2.05) is 32.9 Å². The lowest BCUT2D eigenvalue weighted by Gasteiger charge is -2.11. The van der Waals surface area contributed by atoms with Crippen LogP contribution in [0.1, 0.15) is 27.0 Å². The Morgan fingerprint density at radius 3 is 2.21 bits per heavy atom. The molecule has 7 nitrogen and oxygen atoms in total. The van der Waals surface area contributed by atoms with E-state index >= 15 is 0 Å². The van der Waals surface area contributed by atoms with Crippen LogP contribution >= 0.6 is 11.6 Å². The summed E-state index contributed by atoms with van der Waals surface area (Å²) in [5.41, 5.74) is 4.12. The summed E-state index contributed by atoms with van der Waals surface area (Å²) in [6, 6.07) is 15.9. The molecule has 0 fully saturated rings. The first kappa shape index (κ1) is 24.3. The van der Waals surface area contributed by atoms with Gasteiger partial charge in [-0.15, -0.1) is 0 Å². The number of carbonyl (C=O) groups excluding carboxylic acids is 2. The number of nitrogens with one attached hydrogen (secondary N) is 3. The highest BCUT2D eigenvalue weighted by atomic mass is 35.5. The summed E-state index contributed by atoms with van der Waals surface area (Å²) in [4.78, 5) is 24.5. The molecule has 0 aliphatic heterocycles. The molecule has 0 unspecified atom stereocenters. The van der Waals surface area contributed by atoms with Crippen molar-refractivity contribution in [3.8, 4) is 0 Å². The van der Waals surface area contributed by atoms with Gasteiger partial charge in [0, 0.05) is 11.3 Å². The quantitative estimate of drug-likeness (QED) is 0.460. The molecule has 0 aromatic heterocycles. The molecule has 33 heavy (non-hydrogen) atoms. The van der Waals surface area contributed by atoms with Crippen molar-refractivity contribution >= 4 is 44.8 Å². The van der Waals surface area contributed by atoms with Crippen molar-refractivity contribution in [2.24, 2.45) is 0 Å². The fourth-order valence-corrected chi connectivity index (χ4v) is 4.31. The summed E-state index contributed by atoms with van der Waals surface area (Å²) in [5, 5.41) is 5.53. The van der Waals surface area contributed by atoms with Crippen molar-refractivity contribution < 1.29 is 18.0 Å². The highest BCUT2D eigenvalue weighted by Gasteiger charge is 2.16. The van der Waals surface area contributed by atoms with Crippen LogP contribution in [0.4, 0.5) is 11.4 Å². The van der Waals surface area contributed by atoms with Gasteiger partial charge in [0.25, 0.3) is 15.9 Å². The Balaban J connectivity index is 1.60. The number of sulfonamides is 1. The zero-order chi connectivity index (χ0) is 24.2. The standard InChI is InChI=1S/C24H24ClN3O4S/c1-15-4-11-22(21(25)12-15)27-23(29)14-26-24(30)18-6-9-20(10-7-18)33(31,32)28-19-8-5-16(2)17(3)13-19/h4-13,28H,14H2,1-3H3,(H,26,30)(H,27,29). The first-order valence-corrected chi connectivity index (χ1v) is 12.0. The molecule has 0 saturated heterocycles. The number of carbonyl (C=O) groups is 2. The van der Waals surface area contributed by atoms with E-state index in [1.54, 1.807) is 24.3 Å². The lowest BCUT2D eigenvalue weighted by atomic mass is 10.1. The topological polar surface area (TPSA) is 104 Å². The Kier molecular flexibility index (Phi) is 7.40. The van der Waals surface area contributed by atoms with E-state index < -0.39 is 21.8 Å². The molecular weight excluding hydrogens is 462 g/mol. The second-order valence-electron chi connectivity index (χ2n) is 7.64. The van der Waals surface area contributed by atoms with Gasteiger partial charge in [0.1, 0.15) is 0 Å². The molecule has 0 heterocycles. The average Bonchev–Trinajstić information content (AvgIpc) is 2.76. The van der Waals surface area contributed by atoms with Crippen molar-refractivity contribution in [1.29, 1.82) is 0 Å². The van der Waals surface area contributed by atoms with Crippen LogP contribution in [-0.4, -0.2) is 26.8 Å². The van der Waals surface area contributed by atoms with E-state index in [1.165, 1.54) is 24.3 Å². The molecule has 2 amide bonds. The lowest BCUT2D eigenvalue weighted by Crippen LogP contribution is -2.32. The number of benzene rings is 3. The van der Waals surface area contributed by atoms with Crippen LogP contribution in [0.2, 0.25) is 5.02 Å². The number of halogens is 1. The molecule has 3 aromatic carbocycles. The predicted molar refractivity (Wildman–Crippen MR) is 130 cm³/mol. The van der Waals surface area contributed by atoms with Crippen molar-refractivity contribution in [3.05, 3.63) is 87.9 Å². The van der Waals surface area contributed by atoms with Gasteiger partial charge in [-0.25, -0.2) is 8.42 Å². The highest BCUT2D eigenvalue weighted by Crippen LogP contribution is 2.22. The molecule has 0 saturated carbocycles. The molecule has 3 aromatic rings. The Bertz CT molecular complexity index is 1310. The van der Waals surface area contributed by atoms with Gasteiger partial charge in [0.05, 0.1) is 22.2 Å². The van der Waals surface area contributed by atoms with Crippen molar-refractivity contribution in [1.82, 2.24) is 5.32 Å². The molecule has 0 bridgehead atoms. The normalized spacial score (nSPS) is 11.0. The molecule has 3 rings (SSSR count). The van der Waals surface area contributed by atoms with E-state index in [0.717, 1.165) is 16.7 Å². The summed E-state index contributed by atoms with van der Waals surface area (Å²) in [7, 11) is -3.81. The van der Waals surface area contributed by atoms with Crippen molar-refractivity contribution in [3.63, 3.8) is 0 Å². The average molecular weight is 486 g/mol. The minimum atomic E-state index is -3.81. The number of hydrogen-bond donors (Lipinski definition) is 3. The Hall–Kier alpha value is -3.36. The van der Waals surface area contributed by atoms with Gasteiger partial charge in [-0.3, -0.25) is 14.3 Å². The largest absolute Gasteiger partial charge is 0.343 e. The maximum Gasteiger partial charge on any atom is 0.261 e. The monoisotopic (exact) mass is 485 g/mol. The Morgan fingerprint density at radius 2 is 1.58 bits per heavy atom. The summed E-state index contributed by atoms with van der Waals surface area (Å²) < 4.78 is 27.8. The number of amides is 2. The molecule has 9 heteroatoms. The maximum absolute atomic E-state index is 12.6.